The summed E-state index contributed by atoms with van der Waals surface area (Å²) in [5, 5.41) is 0. The van der Waals surface area contributed by atoms with E-state index in [9.17, 15) is 4.79 Å². The number of rotatable bonds is 7. The van der Waals surface area contributed by atoms with Crippen molar-refractivity contribution in [1.29, 1.82) is 0 Å². The quantitative estimate of drug-likeness (QED) is 0.329. The van der Waals surface area contributed by atoms with E-state index in [0.29, 0.717) is 26.3 Å². The van der Waals surface area contributed by atoms with Crippen LogP contribution in [0.15, 0.2) is 4.99 Å². The van der Waals surface area contributed by atoms with Crippen LogP contribution in [0.5, 0.6) is 0 Å². The Morgan fingerprint density at radius 3 is 2.92 bits per heavy atom. The van der Waals surface area contributed by atoms with Crippen molar-refractivity contribution < 1.29 is 7.54 Å². The smallest absolute Gasteiger partial charge is 0.211 e. The lowest BCUT2D eigenvalue weighted by Gasteiger charge is -2.11. The summed E-state index contributed by atoms with van der Waals surface area (Å²) in [5.74, 6) is 0.411. The average Bonchev–Trinajstić information content (AvgIpc) is 2.21. The summed E-state index contributed by atoms with van der Waals surface area (Å²) < 4.78 is 14.1. The second-order valence-electron chi connectivity index (χ2n) is 2.94. The van der Waals surface area contributed by atoms with Gasteiger partial charge in [0.1, 0.15) is 0 Å². The van der Waals surface area contributed by atoms with Crippen molar-refractivity contribution in [3.05, 3.63) is 0 Å². The Labute approximate surface area is 77.9 Å². The molecule has 1 unspecified atom stereocenters. The van der Waals surface area contributed by atoms with Gasteiger partial charge in [0, 0.05) is 2.74 Å². The molecule has 0 saturated heterocycles. The molecule has 0 rings (SSSR count). The minimum absolute atomic E-state index is 0.411. The summed E-state index contributed by atoms with van der Waals surface area (Å²) in [6.45, 7) is 1.46. The number of hydrogen-bond donors (Lipinski definition) is 0. The maximum absolute atomic E-state index is 9.95. The van der Waals surface area contributed by atoms with E-state index in [1.54, 1.807) is 6.08 Å². The van der Waals surface area contributed by atoms with Gasteiger partial charge in [0.15, 0.2) is 0 Å². The van der Waals surface area contributed by atoms with E-state index < -0.39 is 0 Å². The minimum Gasteiger partial charge on any atom is -0.211 e. The minimum atomic E-state index is 0.411. The third-order valence-corrected chi connectivity index (χ3v) is 1.89. The summed E-state index contributed by atoms with van der Waals surface area (Å²) in [6, 6.07) is 0. The highest BCUT2D eigenvalue weighted by Crippen LogP contribution is 2.14. The van der Waals surface area contributed by atoms with Crippen LogP contribution >= 0.6 is 0 Å². The second kappa shape index (κ2) is 8.48. The van der Waals surface area contributed by atoms with Gasteiger partial charge in [-0.2, -0.15) is 0 Å². The predicted molar refractivity (Wildman–Crippen MR) is 50.9 cm³/mol. The molecular formula is C10H19NO. The fourth-order valence-corrected chi connectivity index (χ4v) is 1.21. The van der Waals surface area contributed by atoms with Crippen LogP contribution in [0, 0.1) is 5.92 Å². The van der Waals surface area contributed by atoms with Crippen LogP contribution in [0.4, 0.5) is 0 Å². The zero-order chi connectivity index (χ0) is 10.6. The van der Waals surface area contributed by atoms with Crippen molar-refractivity contribution in [2.45, 2.75) is 45.9 Å². The van der Waals surface area contributed by atoms with Crippen LogP contribution in [0.2, 0.25) is 0 Å². The molecule has 0 heterocycles. The molecule has 0 aliphatic carbocycles. The highest BCUT2D eigenvalue weighted by Gasteiger charge is 2.05. The number of carbonyl (C=O) groups excluding carboxylic acids is 1. The summed E-state index contributed by atoms with van der Waals surface area (Å²) in [4.78, 5) is 13.5. The first kappa shape index (κ1) is 8.00. The van der Waals surface area contributed by atoms with Crippen LogP contribution in [-0.2, 0) is 4.79 Å². The van der Waals surface area contributed by atoms with E-state index in [4.69, 9.17) is 2.74 Å². The summed E-state index contributed by atoms with van der Waals surface area (Å²) in [6.07, 6.45) is 6.36. The molecule has 0 radical (unpaired) electrons. The molecule has 12 heavy (non-hydrogen) atoms. The lowest BCUT2D eigenvalue weighted by molar-refractivity contribution is 0.438. The Morgan fingerprint density at radius 2 is 2.25 bits per heavy atom. The van der Waals surface area contributed by atoms with E-state index >= 15 is 0 Å². The third-order valence-electron chi connectivity index (χ3n) is 1.89. The van der Waals surface area contributed by atoms with Gasteiger partial charge >= 0.3 is 0 Å². The Bertz CT molecular complexity index is 170. The van der Waals surface area contributed by atoms with Gasteiger partial charge in [-0.25, -0.2) is 9.79 Å². The van der Waals surface area contributed by atoms with Crippen LogP contribution in [0.1, 0.15) is 48.6 Å². The van der Waals surface area contributed by atoms with E-state index in [1.807, 2.05) is 0 Å². The van der Waals surface area contributed by atoms with Crippen LogP contribution < -0.4 is 0 Å². The Morgan fingerprint density at radius 1 is 1.42 bits per heavy atom. The van der Waals surface area contributed by atoms with E-state index in [2.05, 4.69) is 4.99 Å². The zero-order valence-corrected chi connectivity index (χ0v) is 7.59. The van der Waals surface area contributed by atoms with Crippen molar-refractivity contribution in [3.63, 3.8) is 0 Å². The molecular weight excluding hydrogens is 150 g/mol. The molecule has 0 bridgehead atoms. The second-order valence-corrected chi connectivity index (χ2v) is 2.94. The van der Waals surface area contributed by atoms with Crippen molar-refractivity contribution in [1.82, 2.24) is 0 Å². The topological polar surface area (TPSA) is 29.4 Å². The van der Waals surface area contributed by atoms with Crippen molar-refractivity contribution >= 4 is 6.08 Å². The molecule has 0 N–H and O–H groups in total. The Hall–Kier alpha value is -0.620. The highest BCUT2D eigenvalue weighted by atomic mass is 16.1. The van der Waals surface area contributed by atoms with Crippen LogP contribution in [0.25, 0.3) is 0 Å². The summed E-state index contributed by atoms with van der Waals surface area (Å²) in [5.41, 5.74) is 0. The lowest BCUT2D eigenvalue weighted by atomic mass is 9.97. The predicted octanol–water partition coefficient (Wildman–Crippen LogP) is 2.93. The maximum atomic E-state index is 9.95. The fraction of sp³-hybridized carbons (Fsp3) is 0.900. The highest BCUT2D eigenvalue weighted by molar-refractivity contribution is 5.32. The lowest BCUT2D eigenvalue weighted by Crippen LogP contribution is -2.04. The Balaban J connectivity index is 3.65. The number of hydrogen-bond acceptors (Lipinski definition) is 2. The van der Waals surface area contributed by atoms with Gasteiger partial charge in [-0.3, -0.25) is 0 Å². The standard InChI is InChI=1S/C10H19NO/c1-3-5-7-10(6-4-2)8-11-9-12/h10H,3-8H2,1-2H3/i1D,2D. The van der Waals surface area contributed by atoms with Crippen LogP contribution in [-0.4, -0.2) is 12.6 Å². The first-order valence-electron chi connectivity index (χ1n) is 5.88. The summed E-state index contributed by atoms with van der Waals surface area (Å²) in [7, 11) is 0. The van der Waals surface area contributed by atoms with Gasteiger partial charge in [0.25, 0.3) is 0 Å². The largest absolute Gasteiger partial charge is 0.234 e. The van der Waals surface area contributed by atoms with Crippen LogP contribution in [0.3, 0.4) is 0 Å². The van der Waals surface area contributed by atoms with Gasteiger partial charge in [-0.1, -0.05) is 33.1 Å². The zero-order valence-electron chi connectivity index (χ0n) is 9.59. The summed E-state index contributed by atoms with van der Waals surface area (Å²) >= 11 is 0. The van der Waals surface area contributed by atoms with Gasteiger partial charge < -0.3 is 0 Å². The molecule has 2 heteroatoms. The van der Waals surface area contributed by atoms with E-state index in [0.717, 1.165) is 32.1 Å². The van der Waals surface area contributed by atoms with Crippen molar-refractivity contribution in [3.8, 4) is 0 Å². The van der Waals surface area contributed by atoms with Gasteiger partial charge in [0.2, 0.25) is 6.08 Å². The molecule has 2 nitrogen and oxygen atoms in total. The third kappa shape index (κ3) is 6.11. The first-order chi connectivity index (χ1) is 6.85. The van der Waals surface area contributed by atoms with Gasteiger partial charge in [0.05, 0.1) is 6.54 Å². The number of nitrogens with zero attached hydrogens (tertiary/aromatic N) is 1. The van der Waals surface area contributed by atoms with Gasteiger partial charge in [-0.15, -0.1) is 0 Å². The van der Waals surface area contributed by atoms with Crippen molar-refractivity contribution in [2.75, 3.05) is 6.54 Å². The molecule has 0 aliphatic rings. The molecule has 0 spiro atoms. The molecule has 0 aromatic rings. The molecule has 0 aliphatic heterocycles. The fourth-order valence-electron chi connectivity index (χ4n) is 1.21. The molecule has 0 aromatic heterocycles. The molecule has 0 fully saturated rings. The first-order valence-corrected chi connectivity index (χ1v) is 4.47. The molecule has 0 saturated carbocycles. The van der Waals surface area contributed by atoms with E-state index in [-0.39, 0.29) is 0 Å². The molecule has 0 amide bonds. The molecule has 70 valence electrons. The van der Waals surface area contributed by atoms with Crippen molar-refractivity contribution in [2.24, 2.45) is 10.9 Å². The SMILES string of the molecule is [2H]CCCCC(CCC[2H])CN=C=O. The average molecular weight is 171 g/mol. The van der Waals surface area contributed by atoms with E-state index in [1.165, 1.54) is 0 Å². The Kier molecular flexibility index (Phi) is 5.65. The number of aliphatic imine (C=N–C) groups is 1. The monoisotopic (exact) mass is 171 g/mol. The normalized spacial score (nSPS) is 14.3. The number of isocyanates is 1. The number of unbranched alkanes of at least 4 members (excludes halogenated alkanes) is 1. The van der Waals surface area contributed by atoms with Gasteiger partial charge in [-0.05, 0) is 18.8 Å². The molecule has 1 atom stereocenters. The maximum Gasteiger partial charge on any atom is 0.234 e. The molecule has 0 aromatic carbocycles.